The smallest absolute Gasteiger partial charge is 0.266 e. The Kier molecular flexibility index (Phi) is 6.49. The molecule has 9 nitrogen and oxygen atoms in total. The van der Waals surface area contributed by atoms with E-state index in [1.165, 1.54) is 6.26 Å². The quantitative estimate of drug-likeness (QED) is 0.761. The summed E-state index contributed by atoms with van der Waals surface area (Å²) in [7, 11) is 0. The van der Waals surface area contributed by atoms with Crippen LogP contribution in [0.25, 0.3) is 11.7 Å². The van der Waals surface area contributed by atoms with E-state index < -0.39 is 0 Å². The van der Waals surface area contributed by atoms with Crippen LogP contribution in [0.1, 0.15) is 45.2 Å². The number of carbonyl (C=O) groups excluding carboxylic acids is 2. The van der Waals surface area contributed by atoms with Crippen LogP contribution < -0.4 is 10.2 Å². The molecule has 2 aromatic rings. The third kappa shape index (κ3) is 4.64. The molecule has 0 saturated carbocycles. The summed E-state index contributed by atoms with van der Waals surface area (Å²) in [6.45, 7) is 6.28. The minimum atomic E-state index is -0.0659. The van der Waals surface area contributed by atoms with Gasteiger partial charge in [-0.3, -0.25) is 9.59 Å². The summed E-state index contributed by atoms with van der Waals surface area (Å²) in [5.41, 5.74) is 0.223. The van der Waals surface area contributed by atoms with Gasteiger partial charge in [-0.1, -0.05) is 13.8 Å². The predicted molar refractivity (Wildman–Crippen MR) is 116 cm³/mol. The van der Waals surface area contributed by atoms with Crippen LogP contribution in [0.5, 0.6) is 0 Å². The van der Waals surface area contributed by atoms with Gasteiger partial charge in [0.15, 0.2) is 5.76 Å². The summed E-state index contributed by atoms with van der Waals surface area (Å²) in [6, 6.07) is 5.59. The van der Waals surface area contributed by atoms with Gasteiger partial charge in [-0.15, -0.1) is 0 Å². The van der Waals surface area contributed by atoms with Crippen LogP contribution >= 0.6 is 0 Å². The number of oxazole rings is 1. The fourth-order valence-electron chi connectivity index (χ4n) is 4.36. The highest BCUT2D eigenvalue weighted by atomic mass is 16.4. The first kappa shape index (κ1) is 21.9. The number of likely N-dealkylation sites (tertiary alicyclic amines) is 1. The van der Waals surface area contributed by atoms with Gasteiger partial charge in [0.2, 0.25) is 23.4 Å². The maximum absolute atomic E-state index is 13.1. The number of anilines is 1. The van der Waals surface area contributed by atoms with Crippen molar-refractivity contribution in [3.8, 4) is 17.7 Å². The Morgan fingerprint density at radius 1 is 1.25 bits per heavy atom. The lowest BCUT2D eigenvalue weighted by Crippen LogP contribution is -2.52. The summed E-state index contributed by atoms with van der Waals surface area (Å²) < 4.78 is 11.2. The highest BCUT2D eigenvalue weighted by Gasteiger charge is 2.33. The van der Waals surface area contributed by atoms with Crippen molar-refractivity contribution in [1.29, 1.82) is 5.26 Å². The average molecular weight is 440 g/mol. The second kappa shape index (κ2) is 9.47. The van der Waals surface area contributed by atoms with E-state index in [9.17, 15) is 14.9 Å². The lowest BCUT2D eigenvalue weighted by Gasteiger charge is -2.38. The minimum Gasteiger partial charge on any atom is -0.459 e. The molecule has 2 amide bonds. The number of rotatable bonds is 5. The normalized spacial score (nSPS) is 19.8. The van der Waals surface area contributed by atoms with E-state index in [0.29, 0.717) is 44.1 Å². The number of furan rings is 1. The molecule has 0 aromatic carbocycles. The van der Waals surface area contributed by atoms with Gasteiger partial charge in [0.05, 0.1) is 6.26 Å². The van der Waals surface area contributed by atoms with Gasteiger partial charge in [-0.05, 0) is 37.8 Å². The Morgan fingerprint density at radius 3 is 2.69 bits per heavy atom. The van der Waals surface area contributed by atoms with Crippen LogP contribution in [0, 0.1) is 23.2 Å². The number of amides is 2. The average Bonchev–Trinajstić information content (AvgIpc) is 3.48. The van der Waals surface area contributed by atoms with E-state index >= 15 is 0 Å². The molecule has 1 atom stereocenters. The molecule has 2 saturated heterocycles. The van der Waals surface area contributed by atoms with Gasteiger partial charge in [-0.2, -0.15) is 10.2 Å². The Labute approximate surface area is 187 Å². The van der Waals surface area contributed by atoms with Crippen molar-refractivity contribution in [2.24, 2.45) is 11.8 Å². The Balaban J connectivity index is 1.35. The van der Waals surface area contributed by atoms with Crippen LogP contribution in [0.2, 0.25) is 0 Å². The predicted octanol–water partition coefficient (Wildman–Crippen LogP) is 2.79. The third-order valence-corrected chi connectivity index (χ3v) is 6.18. The molecule has 0 radical (unpaired) electrons. The van der Waals surface area contributed by atoms with Crippen molar-refractivity contribution in [3.63, 3.8) is 0 Å². The fraction of sp³-hybridized carbons (Fsp3) is 0.565. The van der Waals surface area contributed by atoms with Crippen molar-refractivity contribution in [3.05, 3.63) is 24.1 Å². The van der Waals surface area contributed by atoms with Gasteiger partial charge in [0.25, 0.3) is 5.89 Å². The highest BCUT2D eigenvalue weighted by Crippen LogP contribution is 2.32. The first-order valence-electron chi connectivity index (χ1n) is 11.2. The molecule has 0 spiro atoms. The zero-order valence-corrected chi connectivity index (χ0v) is 18.5. The highest BCUT2D eigenvalue weighted by molar-refractivity contribution is 5.80. The van der Waals surface area contributed by atoms with Crippen molar-refractivity contribution in [2.75, 3.05) is 31.1 Å². The molecular formula is C23H29N5O4. The van der Waals surface area contributed by atoms with E-state index in [2.05, 4.69) is 16.4 Å². The molecular weight excluding hydrogens is 410 g/mol. The minimum absolute atomic E-state index is 0.0232. The summed E-state index contributed by atoms with van der Waals surface area (Å²) in [4.78, 5) is 33.3. The molecule has 170 valence electrons. The van der Waals surface area contributed by atoms with Crippen LogP contribution in [0.3, 0.4) is 0 Å². The van der Waals surface area contributed by atoms with Gasteiger partial charge < -0.3 is 24.0 Å². The largest absolute Gasteiger partial charge is 0.459 e. The topological polar surface area (TPSA) is 116 Å². The number of hydrogen-bond acceptors (Lipinski definition) is 7. The van der Waals surface area contributed by atoms with Gasteiger partial charge >= 0.3 is 0 Å². The monoisotopic (exact) mass is 439 g/mol. The standard InChI is InChI=1S/C23H29N5O4/c1-15(2)20(29)25-17-5-3-9-28(14-17)22(30)16-7-10-27(11-8-16)23-18(13-24)26-21(32-23)19-6-4-12-31-19/h4,6,12,15-17H,3,5,7-11,14H2,1-2H3,(H,25,29). The Morgan fingerprint density at radius 2 is 2.03 bits per heavy atom. The summed E-state index contributed by atoms with van der Waals surface area (Å²) in [5.74, 6) is 1.25. The summed E-state index contributed by atoms with van der Waals surface area (Å²) in [5, 5.41) is 12.5. The summed E-state index contributed by atoms with van der Waals surface area (Å²) in [6.07, 6.45) is 4.69. The maximum Gasteiger partial charge on any atom is 0.266 e. The zero-order chi connectivity index (χ0) is 22.7. The zero-order valence-electron chi connectivity index (χ0n) is 18.5. The number of nitrogens with zero attached hydrogens (tertiary/aromatic N) is 4. The summed E-state index contributed by atoms with van der Waals surface area (Å²) >= 11 is 0. The molecule has 4 rings (SSSR count). The van der Waals surface area contributed by atoms with Gasteiger partial charge in [0, 0.05) is 44.1 Å². The molecule has 0 aliphatic carbocycles. The number of carbonyl (C=O) groups is 2. The molecule has 2 aliphatic heterocycles. The SMILES string of the molecule is CC(C)C(=O)NC1CCCN(C(=O)C2CCN(c3oc(-c4ccco4)nc3C#N)CC2)C1. The number of piperidine rings is 2. The molecule has 2 aliphatic rings. The molecule has 2 fully saturated rings. The van der Waals surface area contributed by atoms with Crippen LogP contribution in [-0.4, -0.2) is 53.9 Å². The van der Waals surface area contributed by atoms with Crippen molar-refractivity contribution >= 4 is 17.7 Å². The van der Waals surface area contributed by atoms with E-state index in [1.54, 1.807) is 12.1 Å². The third-order valence-electron chi connectivity index (χ3n) is 6.18. The molecule has 1 N–H and O–H groups in total. The van der Waals surface area contributed by atoms with E-state index in [1.807, 2.05) is 23.6 Å². The molecule has 9 heteroatoms. The molecule has 4 heterocycles. The van der Waals surface area contributed by atoms with Crippen molar-refractivity contribution < 1.29 is 18.4 Å². The van der Waals surface area contributed by atoms with Crippen LogP contribution in [0.4, 0.5) is 5.88 Å². The number of hydrogen-bond donors (Lipinski definition) is 1. The molecule has 1 unspecified atom stereocenters. The maximum atomic E-state index is 13.1. The lowest BCUT2D eigenvalue weighted by atomic mass is 9.93. The second-order valence-electron chi connectivity index (χ2n) is 8.81. The fourth-order valence-corrected chi connectivity index (χ4v) is 4.36. The van der Waals surface area contributed by atoms with Gasteiger partial charge in [0.1, 0.15) is 6.07 Å². The van der Waals surface area contributed by atoms with Crippen LogP contribution in [-0.2, 0) is 9.59 Å². The molecule has 2 aromatic heterocycles. The first-order chi connectivity index (χ1) is 15.5. The number of nitrogens with one attached hydrogen (secondary N) is 1. The molecule has 32 heavy (non-hydrogen) atoms. The number of nitriles is 1. The van der Waals surface area contributed by atoms with Crippen molar-refractivity contribution in [1.82, 2.24) is 15.2 Å². The van der Waals surface area contributed by atoms with E-state index in [4.69, 9.17) is 8.83 Å². The first-order valence-corrected chi connectivity index (χ1v) is 11.2. The lowest BCUT2D eigenvalue weighted by molar-refractivity contribution is -0.138. The Bertz CT molecular complexity index is 983. The molecule has 0 bridgehead atoms. The second-order valence-corrected chi connectivity index (χ2v) is 8.81. The Hall–Kier alpha value is -3.28. The number of aromatic nitrogens is 1. The van der Waals surface area contributed by atoms with E-state index in [-0.39, 0.29) is 41.3 Å². The van der Waals surface area contributed by atoms with Crippen molar-refractivity contribution in [2.45, 2.75) is 45.6 Å². The van der Waals surface area contributed by atoms with Gasteiger partial charge in [-0.25, -0.2) is 0 Å². The van der Waals surface area contributed by atoms with Crippen LogP contribution in [0.15, 0.2) is 27.2 Å². The van der Waals surface area contributed by atoms with E-state index in [0.717, 1.165) is 19.4 Å².